The second-order valence-electron chi connectivity index (χ2n) is 20.6. The Kier molecular flexibility index (Phi) is 49.9. The highest BCUT2D eigenvalue weighted by Crippen LogP contribution is 2.38. The van der Waals surface area contributed by atoms with Crippen molar-refractivity contribution in [1.82, 2.24) is 0 Å². The maximum atomic E-state index is 12.8. The molecule has 408 valence electrons. The van der Waals surface area contributed by atoms with Crippen LogP contribution >= 0.6 is 7.82 Å². The minimum absolute atomic E-state index is 0.0308. The highest BCUT2D eigenvalue weighted by molar-refractivity contribution is 7.45. The number of likely N-dealkylation sites (N-methyl/N-ethyl adjacent to an activating group) is 1. The Bertz CT molecular complexity index is 1370. The fourth-order valence-corrected chi connectivity index (χ4v) is 8.82. The lowest BCUT2D eigenvalue weighted by molar-refractivity contribution is -0.870. The number of phosphoric acid groups is 1. The number of rotatable bonds is 53. The van der Waals surface area contributed by atoms with Crippen LogP contribution in [0, 0.1) is 0 Å². The van der Waals surface area contributed by atoms with E-state index in [1.807, 2.05) is 21.1 Å². The first-order valence-corrected chi connectivity index (χ1v) is 30.5. The number of hydrogen-bond donors (Lipinski definition) is 0. The van der Waals surface area contributed by atoms with Crippen molar-refractivity contribution in [3.8, 4) is 0 Å². The predicted octanol–water partition coefficient (Wildman–Crippen LogP) is 17.3. The minimum Gasteiger partial charge on any atom is -0.756 e. The second-order valence-corrected chi connectivity index (χ2v) is 22.0. The molecule has 0 saturated carbocycles. The van der Waals surface area contributed by atoms with E-state index in [1.165, 1.54) is 154 Å². The quantitative estimate of drug-likeness (QED) is 0.0195. The summed E-state index contributed by atoms with van der Waals surface area (Å²) >= 11 is 0. The molecule has 9 nitrogen and oxygen atoms in total. The van der Waals surface area contributed by atoms with Crippen LogP contribution in [0.2, 0.25) is 0 Å². The smallest absolute Gasteiger partial charge is 0.306 e. The number of quaternary nitrogens is 1. The van der Waals surface area contributed by atoms with Gasteiger partial charge in [0, 0.05) is 12.8 Å². The van der Waals surface area contributed by atoms with Gasteiger partial charge in [0.15, 0.2) is 6.10 Å². The standard InChI is InChI=1S/C60H110NO8P/c1-6-8-10-12-14-16-18-20-22-24-25-26-27-28-29-30-31-32-33-34-35-37-39-41-43-45-47-49-51-53-60(63)69-58(57-68-70(64,65)67-55-54-61(3,4)5)56-66-59(62)52-50-48-46-44-42-40-38-36-23-21-19-17-15-13-11-9-7-2/h8,10,14,16,20,22,25-26,28-29,58H,6-7,9,11-13,15,17-19,21,23-24,27,30-57H2,1-5H3/b10-8-,16-14-,22-20-,26-25-,29-28-. The first-order valence-electron chi connectivity index (χ1n) is 29.0. The average Bonchev–Trinajstić information content (AvgIpc) is 3.32. The zero-order valence-corrected chi connectivity index (χ0v) is 47.1. The van der Waals surface area contributed by atoms with Gasteiger partial charge in [-0.05, 0) is 57.8 Å². The fourth-order valence-electron chi connectivity index (χ4n) is 8.10. The van der Waals surface area contributed by atoms with E-state index in [9.17, 15) is 19.0 Å². The number of carbonyl (C=O) groups is 2. The van der Waals surface area contributed by atoms with Crippen molar-refractivity contribution in [2.75, 3.05) is 47.5 Å². The van der Waals surface area contributed by atoms with Gasteiger partial charge in [0.05, 0.1) is 27.7 Å². The van der Waals surface area contributed by atoms with Gasteiger partial charge < -0.3 is 27.9 Å². The number of nitrogens with zero attached hydrogens (tertiary/aromatic N) is 1. The molecule has 2 atom stereocenters. The molecular formula is C60H110NO8P. The summed E-state index contributed by atoms with van der Waals surface area (Å²) in [5, 5.41) is 0. The van der Waals surface area contributed by atoms with Crippen molar-refractivity contribution in [3.63, 3.8) is 0 Å². The Hall–Kier alpha value is -2.29. The third-order valence-corrected chi connectivity index (χ3v) is 13.5. The van der Waals surface area contributed by atoms with E-state index in [0.717, 1.165) is 70.6 Å². The summed E-state index contributed by atoms with van der Waals surface area (Å²) in [4.78, 5) is 37.8. The first-order chi connectivity index (χ1) is 34.0. The molecule has 70 heavy (non-hydrogen) atoms. The summed E-state index contributed by atoms with van der Waals surface area (Å²) < 4.78 is 34.2. The van der Waals surface area contributed by atoms with Crippen molar-refractivity contribution in [2.45, 2.75) is 264 Å². The number of phosphoric ester groups is 1. The highest BCUT2D eigenvalue weighted by atomic mass is 31.2. The fraction of sp³-hybridized carbons (Fsp3) is 0.800. The van der Waals surface area contributed by atoms with Crippen molar-refractivity contribution < 1.29 is 42.1 Å². The molecule has 0 aliphatic heterocycles. The molecule has 0 N–H and O–H groups in total. The van der Waals surface area contributed by atoms with Gasteiger partial charge in [0.2, 0.25) is 0 Å². The topological polar surface area (TPSA) is 111 Å². The molecule has 10 heteroatoms. The Morgan fingerprint density at radius 3 is 1.21 bits per heavy atom. The largest absolute Gasteiger partial charge is 0.756 e. The van der Waals surface area contributed by atoms with Gasteiger partial charge in [-0.3, -0.25) is 14.2 Å². The molecule has 0 aromatic heterocycles. The van der Waals surface area contributed by atoms with E-state index in [4.69, 9.17) is 18.5 Å². The zero-order chi connectivity index (χ0) is 51.3. The molecule has 0 amide bonds. The number of unbranched alkanes of at least 4 members (excludes halogenated alkanes) is 29. The summed E-state index contributed by atoms with van der Waals surface area (Å²) in [7, 11) is 1.17. The van der Waals surface area contributed by atoms with Crippen LogP contribution in [0.4, 0.5) is 0 Å². The number of esters is 2. The van der Waals surface area contributed by atoms with Gasteiger partial charge in [-0.15, -0.1) is 0 Å². The van der Waals surface area contributed by atoms with Crippen molar-refractivity contribution in [2.24, 2.45) is 0 Å². The van der Waals surface area contributed by atoms with Crippen molar-refractivity contribution in [1.29, 1.82) is 0 Å². The van der Waals surface area contributed by atoms with Gasteiger partial charge in [-0.1, -0.05) is 248 Å². The molecule has 0 aromatic carbocycles. The summed E-state index contributed by atoms with van der Waals surface area (Å²) in [6.07, 6.45) is 65.5. The summed E-state index contributed by atoms with van der Waals surface area (Å²) in [5.74, 6) is -0.825. The van der Waals surface area contributed by atoms with E-state index >= 15 is 0 Å². The predicted molar refractivity (Wildman–Crippen MR) is 296 cm³/mol. The Balaban J connectivity index is 4.12. The average molecular weight is 1000 g/mol. The minimum atomic E-state index is -4.63. The molecule has 0 spiro atoms. The van der Waals surface area contributed by atoms with Crippen LogP contribution in [0.3, 0.4) is 0 Å². The van der Waals surface area contributed by atoms with Crippen LogP contribution in [-0.4, -0.2) is 70.0 Å². The summed E-state index contributed by atoms with van der Waals surface area (Å²) in [6, 6.07) is 0. The van der Waals surface area contributed by atoms with Crippen LogP contribution in [0.25, 0.3) is 0 Å². The molecule has 0 aliphatic rings. The Morgan fingerprint density at radius 2 is 0.814 bits per heavy atom. The molecule has 0 aromatic rings. The maximum absolute atomic E-state index is 12.8. The van der Waals surface area contributed by atoms with Crippen LogP contribution in [0.15, 0.2) is 60.8 Å². The molecular weight excluding hydrogens is 894 g/mol. The lowest BCUT2D eigenvalue weighted by Gasteiger charge is -2.28. The first kappa shape index (κ1) is 67.7. The van der Waals surface area contributed by atoms with Gasteiger partial charge in [0.1, 0.15) is 19.8 Å². The number of allylic oxidation sites excluding steroid dienone is 10. The highest BCUT2D eigenvalue weighted by Gasteiger charge is 2.22. The lowest BCUT2D eigenvalue weighted by atomic mass is 10.0. The molecule has 2 unspecified atom stereocenters. The monoisotopic (exact) mass is 1000 g/mol. The number of hydrogen-bond acceptors (Lipinski definition) is 8. The van der Waals surface area contributed by atoms with Crippen LogP contribution < -0.4 is 4.89 Å². The van der Waals surface area contributed by atoms with E-state index in [2.05, 4.69) is 74.6 Å². The summed E-state index contributed by atoms with van der Waals surface area (Å²) in [5.41, 5.74) is 0. The van der Waals surface area contributed by atoms with Crippen molar-refractivity contribution in [3.05, 3.63) is 60.8 Å². The number of carbonyl (C=O) groups excluding carboxylic acids is 2. The van der Waals surface area contributed by atoms with E-state index in [1.54, 1.807) is 0 Å². The molecule has 0 radical (unpaired) electrons. The van der Waals surface area contributed by atoms with Crippen LogP contribution in [-0.2, 0) is 32.7 Å². The molecule has 0 bridgehead atoms. The third-order valence-electron chi connectivity index (χ3n) is 12.6. The van der Waals surface area contributed by atoms with Crippen molar-refractivity contribution >= 4 is 19.8 Å². The Morgan fingerprint density at radius 1 is 0.457 bits per heavy atom. The SMILES string of the molecule is CC/C=C\C/C=C\C/C=C\C/C=C\C/C=C\CCCCCCCCCCCCCCCC(=O)OC(COC(=O)CCCCCCCCCCCCCCCCCCC)COP(=O)([O-])OCC[N+](C)(C)C. The van der Waals surface area contributed by atoms with E-state index in [-0.39, 0.29) is 32.0 Å². The van der Waals surface area contributed by atoms with Gasteiger partial charge in [-0.25, -0.2) is 0 Å². The molecule has 0 aliphatic carbocycles. The van der Waals surface area contributed by atoms with Gasteiger partial charge in [-0.2, -0.15) is 0 Å². The van der Waals surface area contributed by atoms with Crippen LogP contribution in [0.5, 0.6) is 0 Å². The molecule has 0 saturated heterocycles. The number of ether oxygens (including phenoxy) is 2. The molecule has 0 rings (SSSR count). The molecule has 0 fully saturated rings. The lowest BCUT2D eigenvalue weighted by Crippen LogP contribution is -2.37. The normalized spacial score (nSPS) is 13.7. The molecule has 0 heterocycles. The van der Waals surface area contributed by atoms with E-state index < -0.39 is 26.5 Å². The third kappa shape index (κ3) is 55.0. The Labute approximate surface area is 432 Å². The summed E-state index contributed by atoms with van der Waals surface area (Å²) in [6.45, 7) is 4.15. The maximum Gasteiger partial charge on any atom is 0.306 e. The van der Waals surface area contributed by atoms with E-state index in [0.29, 0.717) is 17.4 Å². The van der Waals surface area contributed by atoms with Gasteiger partial charge in [0.25, 0.3) is 7.82 Å². The van der Waals surface area contributed by atoms with Gasteiger partial charge >= 0.3 is 11.9 Å². The second kappa shape index (κ2) is 51.6. The zero-order valence-electron chi connectivity index (χ0n) is 46.2. The van der Waals surface area contributed by atoms with Crippen LogP contribution in [0.1, 0.15) is 258 Å².